The van der Waals surface area contributed by atoms with Crippen molar-refractivity contribution in [2.24, 2.45) is 0 Å². The maximum atomic E-state index is 12.5. The van der Waals surface area contributed by atoms with E-state index in [9.17, 15) is 4.79 Å². The highest BCUT2D eigenvalue weighted by Gasteiger charge is 2.16. The quantitative estimate of drug-likeness (QED) is 0.744. The van der Waals surface area contributed by atoms with Crippen molar-refractivity contribution in [3.63, 3.8) is 0 Å². The van der Waals surface area contributed by atoms with Gasteiger partial charge in [0.05, 0.1) is 0 Å². The summed E-state index contributed by atoms with van der Waals surface area (Å²) in [5.74, 6) is 2.09. The number of carbonyl (C=O) groups is 1. The fourth-order valence-corrected chi connectivity index (χ4v) is 2.38. The molecule has 2 heterocycles. The number of anilines is 2. The van der Waals surface area contributed by atoms with Gasteiger partial charge in [0, 0.05) is 38.1 Å². The maximum absolute atomic E-state index is 12.5. The third kappa shape index (κ3) is 4.36. The van der Waals surface area contributed by atoms with Gasteiger partial charge in [-0.1, -0.05) is 0 Å². The van der Waals surface area contributed by atoms with E-state index < -0.39 is 0 Å². The fraction of sp³-hybridized carbons (Fsp3) is 0.353. The van der Waals surface area contributed by atoms with Crippen LogP contribution in [0.15, 0.2) is 24.3 Å². The molecule has 3 rings (SSSR count). The minimum Gasteiger partial charge on any atom is -0.454 e. The molecular formula is C17H20N4O4. The first-order chi connectivity index (χ1) is 12.2. The number of fused-ring (bicyclic) bond motifs is 1. The van der Waals surface area contributed by atoms with E-state index in [4.69, 9.17) is 14.2 Å². The Labute approximate surface area is 145 Å². The van der Waals surface area contributed by atoms with Crippen LogP contribution in [0.25, 0.3) is 0 Å². The summed E-state index contributed by atoms with van der Waals surface area (Å²) in [4.78, 5) is 21.0. The summed E-state index contributed by atoms with van der Waals surface area (Å²) in [7, 11) is 1.66. The van der Waals surface area contributed by atoms with Crippen molar-refractivity contribution in [2.75, 3.05) is 37.7 Å². The van der Waals surface area contributed by atoms with Gasteiger partial charge in [0.25, 0.3) is 5.91 Å². The van der Waals surface area contributed by atoms with Gasteiger partial charge < -0.3 is 24.8 Å². The SMILES string of the molecule is COCCCNc1cc(C(=O)Nc2ccc3c(c2)OCO3)nc(C)n1. The Balaban J connectivity index is 1.68. The molecule has 8 nitrogen and oxygen atoms in total. The third-order valence-corrected chi connectivity index (χ3v) is 3.53. The number of ether oxygens (including phenoxy) is 3. The van der Waals surface area contributed by atoms with Gasteiger partial charge in [0.15, 0.2) is 11.5 Å². The smallest absolute Gasteiger partial charge is 0.274 e. The second-order valence-electron chi connectivity index (χ2n) is 5.48. The predicted molar refractivity (Wildman–Crippen MR) is 92.3 cm³/mol. The first-order valence-electron chi connectivity index (χ1n) is 7.95. The highest BCUT2D eigenvalue weighted by atomic mass is 16.7. The number of nitrogens with one attached hydrogen (secondary N) is 2. The zero-order chi connectivity index (χ0) is 17.6. The van der Waals surface area contributed by atoms with E-state index in [1.165, 1.54) is 0 Å². The molecule has 0 fully saturated rings. The Morgan fingerprint density at radius 2 is 2.08 bits per heavy atom. The maximum Gasteiger partial charge on any atom is 0.274 e. The fourth-order valence-electron chi connectivity index (χ4n) is 2.38. The molecule has 1 aliphatic rings. The lowest BCUT2D eigenvalue weighted by Crippen LogP contribution is -2.16. The molecule has 0 radical (unpaired) electrons. The molecule has 0 saturated heterocycles. The Kier molecular flexibility index (Phi) is 5.30. The number of carbonyl (C=O) groups excluding carboxylic acids is 1. The lowest BCUT2D eigenvalue weighted by atomic mass is 10.2. The zero-order valence-corrected chi connectivity index (χ0v) is 14.2. The number of rotatable bonds is 7. The van der Waals surface area contributed by atoms with Crippen LogP contribution in [0.2, 0.25) is 0 Å². The van der Waals surface area contributed by atoms with Crippen LogP contribution in [0.1, 0.15) is 22.7 Å². The molecule has 25 heavy (non-hydrogen) atoms. The standard InChI is InChI=1S/C17H20N4O4/c1-11-19-13(9-16(20-11)18-6-3-7-23-2)17(22)21-12-4-5-14-15(8-12)25-10-24-14/h4-5,8-9H,3,6-7,10H2,1-2H3,(H,21,22)(H,18,19,20). The van der Waals surface area contributed by atoms with Gasteiger partial charge in [-0.3, -0.25) is 4.79 Å². The number of aromatic nitrogens is 2. The van der Waals surface area contributed by atoms with Crippen molar-refractivity contribution < 1.29 is 19.0 Å². The molecule has 8 heteroatoms. The molecule has 132 valence electrons. The molecule has 2 N–H and O–H groups in total. The summed E-state index contributed by atoms with van der Waals surface area (Å²) in [5, 5.41) is 5.97. The largest absolute Gasteiger partial charge is 0.454 e. The molecule has 0 spiro atoms. The molecule has 0 unspecified atom stereocenters. The molecule has 1 aliphatic heterocycles. The van der Waals surface area contributed by atoms with Gasteiger partial charge in [-0.25, -0.2) is 9.97 Å². The van der Waals surface area contributed by atoms with E-state index in [0.717, 1.165) is 6.42 Å². The molecule has 0 aliphatic carbocycles. The molecule has 0 atom stereocenters. The van der Waals surface area contributed by atoms with E-state index >= 15 is 0 Å². The van der Waals surface area contributed by atoms with Crippen molar-refractivity contribution in [3.05, 3.63) is 35.8 Å². The summed E-state index contributed by atoms with van der Waals surface area (Å²) >= 11 is 0. The van der Waals surface area contributed by atoms with Crippen LogP contribution in [0.4, 0.5) is 11.5 Å². The van der Waals surface area contributed by atoms with E-state index in [0.29, 0.717) is 47.7 Å². The van der Waals surface area contributed by atoms with Crippen LogP contribution >= 0.6 is 0 Å². The van der Waals surface area contributed by atoms with Gasteiger partial charge in [-0.05, 0) is 25.5 Å². The first-order valence-corrected chi connectivity index (χ1v) is 7.95. The minimum absolute atomic E-state index is 0.190. The molecule has 2 aromatic rings. The van der Waals surface area contributed by atoms with Crippen molar-refractivity contribution in [1.82, 2.24) is 9.97 Å². The summed E-state index contributed by atoms with van der Waals surface area (Å²) in [5.41, 5.74) is 0.902. The predicted octanol–water partition coefficient (Wildman–Crippen LogP) is 2.21. The van der Waals surface area contributed by atoms with Crippen LogP contribution < -0.4 is 20.1 Å². The van der Waals surface area contributed by atoms with Crippen molar-refractivity contribution in [1.29, 1.82) is 0 Å². The monoisotopic (exact) mass is 344 g/mol. The van der Waals surface area contributed by atoms with Gasteiger partial charge in [-0.2, -0.15) is 0 Å². The van der Waals surface area contributed by atoms with Gasteiger partial charge in [0.1, 0.15) is 17.3 Å². The summed E-state index contributed by atoms with van der Waals surface area (Å²) in [6.45, 7) is 3.30. The molecule has 0 saturated carbocycles. The van der Waals surface area contributed by atoms with Crippen LogP contribution in [-0.2, 0) is 4.74 Å². The van der Waals surface area contributed by atoms with Gasteiger partial charge in [-0.15, -0.1) is 0 Å². The van der Waals surface area contributed by atoms with E-state index in [1.54, 1.807) is 38.3 Å². The highest BCUT2D eigenvalue weighted by Crippen LogP contribution is 2.34. The minimum atomic E-state index is -0.315. The summed E-state index contributed by atoms with van der Waals surface area (Å²) in [6, 6.07) is 6.86. The average molecular weight is 344 g/mol. The molecule has 1 aromatic carbocycles. The topological polar surface area (TPSA) is 94.6 Å². The highest BCUT2D eigenvalue weighted by molar-refractivity contribution is 6.03. The van der Waals surface area contributed by atoms with Crippen molar-refractivity contribution in [2.45, 2.75) is 13.3 Å². The summed E-state index contributed by atoms with van der Waals surface area (Å²) < 4.78 is 15.6. The molecule has 1 amide bonds. The number of amides is 1. The second-order valence-corrected chi connectivity index (χ2v) is 5.48. The van der Waals surface area contributed by atoms with Crippen LogP contribution in [-0.4, -0.2) is 42.9 Å². The first kappa shape index (κ1) is 17.0. The molecular weight excluding hydrogens is 324 g/mol. The average Bonchev–Trinajstić information content (AvgIpc) is 3.06. The number of hydrogen-bond acceptors (Lipinski definition) is 7. The Morgan fingerprint density at radius 3 is 2.92 bits per heavy atom. The Bertz CT molecular complexity index is 766. The zero-order valence-electron chi connectivity index (χ0n) is 14.2. The Hall–Kier alpha value is -2.87. The van der Waals surface area contributed by atoms with E-state index in [-0.39, 0.29) is 12.7 Å². The lowest BCUT2D eigenvalue weighted by molar-refractivity contribution is 0.102. The van der Waals surface area contributed by atoms with Gasteiger partial charge >= 0.3 is 0 Å². The normalized spacial score (nSPS) is 12.1. The van der Waals surface area contributed by atoms with E-state index in [1.807, 2.05) is 0 Å². The third-order valence-electron chi connectivity index (χ3n) is 3.53. The van der Waals surface area contributed by atoms with Crippen LogP contribution in [0.5, 0.6) is 11.5 Å². The van der Waals surface area contributed by atoms with Crippen molar-refractivity contribution >= 4 is 17.4 Å². The number of methoxy groups -OCH3 is 1. The van der Waals surface area contributed by atoms with Crippen LogP contribution in [0.3, 0.4) is 0 Å². The molecule has 1 aromatic heterocycles. The number of nitrogens with zero attached hydrogens (tertiary/aromatic N) is 2. The van der Waals surface area contributed by atoms with Gasteiger partial charge in [0.2, 0.25) is 6.79 Å². The Morgan fingerprint density at radius 1 is 1.24 bits per heavy atom. The molecule has 0 bridgehead atoms. The number of hydrogen-bond donors (Lipinski definition) is 2. The number of aryl methyl sites for hydroxylation is 1. The number of benzene rings is 1. The summed E-state index contributed by atoms with van der Waals surface area (Å²) in [6.07, 6.45) is 0.846. The second kappa shape index (κ2) is 7.80. The van der Waals surface area contributed by atoms with Crippen LogP contribution in [0, 0.1) is 6.92 Å². The van der Waals surface area contributed by atoms with Crippen molar-refractivity contribution in [3.8, 4) is 11.5 Å². The van der Waals surface area contributed by atoms with E-state index in [2.05, 4.69) is 20.6 Å². The lowest BCUT2D eigenvalue weighted by Gasteiger charge is -2.09.